The number of rotatable bonds is 2. The molecule has 2 aromatic heterocycles. The van der Waals surface area contributed by atoms with E-state index in [0.29, 0.717) is 38.2 Å². The average molecular weight is 291 g/mol. The molecule has 4 rings (SSSR count). The van der Waals surface area contributed by atoms with Gasteiger partial charge in [-0.25, -0.2) is 0 Å². The molecule has 0 aliphatic carbocycles. The Morgan fingerprint density at radius 3 is 2.24 bits per heavy atom. The molecular formula is C12H17N7O2. The molecule has 0 bridgehead atoms. The van der Waals surface area contributed by atoms with Crippen LogP contribution in [0.2, 0.25) is 0 Å². The van der Waals surface area contributed by atoms with Gasteiger partial charge in [-0.3, -0.25) is 0 Å². The Kier molecular flexibility index (Phi) is 3.28. The van der Waals surface area contributed by atoms with Crippen molar-refractivity contribution in [2.45, 2.75) is 0 Å². The van der Waals surface area contributed by atoms with Crippen LogP contribution in [0, 0.1) is 0 Å². The van der Waals surface area contributed by atoms with Gasteiger partial charge in [-0.05, 0) is 0 Å². The van der Waals surface area contributed by atoms with Crippen molar-refractivity contribution in [3.63, 3.8) is 0 Å². The van der Waals surface area contributed by atoms with E-state index >= 15 is 0 Å². The van der Waals surface area contributed by atoms with Crippen LogP contribution in [0.25, 0.3) is 5.78 Å². The number of fused-ring (bicyclic) bond motifs is 1. The van der Waals surface area contributed by atoms with Crippen LogP contribution < -0.4 is 9.80 Å². The Hall–Kier alpha value is -2.00. The standard InChI is InChI=1S/C12H17N7O2/c1-5-20-6-2-17(1)11-15-10-13-9-14-19(10)12(16-11)18-3-7-21-8-4-18/h9H,1-8H2. The molecule has 0 atom stereocenters. The lowest BCUT2D eigenvalue weighted by molar-refractivity contribution is 0.121. The maximum atomic E-state index is 5.40. The summed E-state index contributed by atoms with van der Waals surface area (Å²) in [6.07, 6.45) is 1.51. The minimum absolute atomic E-state index is 0.577. The third kappa shape index (κ3) is 2.38. The summed E-state index contributed by atoms with van der Waals surface area (Å²) in [4.78, 5) is 17.7. The fourth-order valence-corrected chi connectivity index (χ4v) is 2.58. The van der Waals surface area contributed by atoms with Crippen molar-refractivity contribution < 1.29 is 9.47 Å². The Bertz CT molecular complexity index is 619. The van der Waals surface area contributed by atoms with E-state index in [1.54, 1.807) is 4.52 Å². The van der Waals surface area contributed by atoms with Gasteiger partial charge in [0.1, 0.15) is 6.33 Å². The van der Waals surface area contributed by atoms with Gasteiger partial charge in [-0.15, -0.1) is 0 Å². The number of morpholine rings is 2. The Balaban J connectivity index is 1.74. The van der Waals surface area contributed by atoms with Crippen LogP contribution in [0.3, 0.4) is 0 Å². The second-order valence-corrected chi connectivity index (χ2v) is 4.99. The minimum Gasteiger partial charge on any atom is -0.378 e. The molecule has 0 N–H and O–H groups in total. The van der Waals surface area contributed by atoms with E-state index in [4.69, 9.17) is 14.5 Å². The lowest BCUT2D eigenvalue weighted by atomic mass is 10.4. The topological polar surface area (TPSA) is 80.9 Å². The molecule has 9 nitrogen and oxygen atoms in total. The molecule has 2 aliphatic heterocycles. The molecule has 2 saturated heterocycles. The van der Waals surface area contributed by atoms with Gasteiger partial charge in [0.2, 0.25) is 11.9 Å². The smallest absolute Gasteiger partial charge is 0.258 e. The molecule has 0 spiro atoms. The summed E-state index contributed by atoms with van der Waals surface area (Å²) in [5.41, 5.74) is 0. The molecule has 0 radical (unpaired) electrons. The highest BCUT2D eigenvalue weighted by Crippen LogP contribution is 2.18. The zero-order valence-electron chi connectivity index (χ0n) is 11.7. The van der Waals surface area contributed by atoms with Crippen LogP contribution >= 0.6 is 0 Å². The highest BCUT2D eigenvalue weighted by atomic mass is 16.5. The van der Waals surface area contributed by atoms with Gasteiger partial charge in [-0.2, -0.15) is 24.6 Å². The highest BCUT2D eigenvalue weighted by molar-refractivity contribution is 5.47. The Labute approximate surface area is 121 Å². The van der Waals surface area contributed by atoms with Gasteiger partial charge in [0.15, 0.2) is 0 Å². The fraction of sp³-hybridized carbons (Fsp3) is 0.667. The van der Waals surface area contributed by atoms with Crippen molar-refractivity contribution in [2.75, 3.05) is 62.4 Å². The zero-order chi connectivity index (χ0) is 14.1. The first-order valence-electron chi connectivity index (χ1n) is 7.15. The van der Waals surface area contributed by atoms with Crippen molar-refractivity contribution in [1.29, 1.82) is 0 Å². The van der Waals surface area contributed by atoms with Gasteiger partial charge < -0.3 is 19.3 Å². The molecule has 0 amide bonds. The zero-order valence-corrected chi connectivity index (χ0v) is 11.7. The molecule has 0 saturated carbocycles. The molecule has 0 unspecified atom stereocenters. The first-order valence-corrected chi connectivity index (χ1v) is 7.15. The molecule has 0 aromatic carbocycles. The maximum absolute atomic E-state index is 5.40. The Morgan fingerprint density at radius 1 is 0.857 bits per heavy atom. The average Bonchev–Trinajstić information content (AvgIpc) is 3.04. The maximum Gasteiger partial charge on any atom is 0.258 e. The van der Waals surface area contributed by atoms with Gasteiger partial charge in [0, 0.05) is 26.2 Å². The van der Waals surface area contributed by atoms with Crippen LogP contribution in [0.5, 0.6) is 0 Å². The molecule has 21 heavy (non-hydrogen) atoms. The molecule has 9 heteroatoms. The fourth-order valence-electron chi connectivity index (χ4n) is 2.58. The molecule has 4 heterocycles. The van der Waals surface area contributed by atoms with Crippen LogP contribution in [0.1, 0.15) is 0 Å². The third-order valence-electron chi connectivity index (χ3n) is 3.71. The summed E-state index contributed by atoms with van der Waals surface area (Å²) in [5, 5.41) is 4.23. The molecule has 2 aromatic rings. The van der Waals surface area contributed by atoms with Crippen LogP contribution in [0.15, 0.2) is 6.33 Å². The second kappa shape index (κ2) is 5.41. The van der Waals surface area contributed by atoms with Gasteiger partial charge in [0.05, 0.1) is 26.4 Å². The highest BCUT2D eigenvalue weighted by Gasteiger charge is 2.21. The summed E-state index contributed by atoms with van der Waals surface area (Å²) >= 11 is 0. The molecule has 112 valence electrons. The third-order valence-corrected chi connectivity index (χ3v) is 3.71. The number of ether oxygens (including phenoxy) is 2. The van der Waals surface area contributed by atoms with E-state index in [-0.39, 0.29) is 0 Å². The number of hydrogen-bond acceptors (Lipinski definition) is 8. The molecular weight excluding hydrogens is 274 g/mol. The first-order chi connectivity index (χ1) is 10.4. The van der Waals surface area contributed by atoms with E-state index in [1.165, 1.54) is 6.33 Å². The quantitative estimate of drug-likeness (QED) is 0.711. The van der Waals surface area contributed by atoms with E-state index < -0.39 is 0 Å². The van der Waals surface area contributed by atoms with Crippen molar-refractivity contribution in [3.05, 3.63) is 6.33 Å². The van der Waals surface area contributed by atoms with E-state index in [9.17, 15) is 0 Å². The summed E-state index contributed by atoms with van der Waals surface area (Å²) in [5.74, 6) is 2.05. The predicted molar refractivity (Wildman–Crippen MR) is 74.6 cm³/mol. The van der Waals surface area contributed by atoms with Crippen LogP contribution in [-0.2, 0) is 9.47 Å². The van der Waals surface area contributed by atoms with Crippen molar-refractivity contribution in [1.82, 2.24) is 24.6 Å². The lowest BCUT2D eigenvalue weighted by Crippen LogP contribution is -2.40. The predicted octanol–water partition coefficient (Wildman–Crippen LogP) is -0.807. The first kappa shape index (κ1) is 12.7. The summed E-state index contributed by atoms with van der Waals surface area (Å²) < 4.78 is 12.5. The number of nitrogens with zero attached hydrogens (tertiary/aromatic N) is 7. The lowest BCUT2D eigenvalue weighted by Gasteiger charge is -2.30. The Morgan fingerprint density at radius 2 is 1.52 bits per heavy atom. The minimum atomic E-state index is 0.577. The van der Waals surface area contributed by atoms with E-state index in [0.717, 1.165) is 32.1 Å². The molecule has 2 fully saturated rings. The van der Waals surface area contributed by atoms with Gasteiger partial charge in [-0.1, -0.05) is 0 Å². The summed E-state index contributed by atoms with van der Waals surface area (Å²) in [6.45, 7) is 6.01. The number of aromatic nitrogens is 5. The SMILES string of the molecule is c1nc2nc(N3CCOCC3)nc(N3CCOCC3)n2n1. The van der Waals surface area contributed by atoms with Crippen LogP contribution in [-0.4, -0.2) is 77.2 Å². The number of hydrogen-bond donors (Lipinski definition) is 0. The second-order valence-electron chi connectivity index (χ2n) is 4.99. The van der Waals surface area contributed by atoms with Gasteiger partial charge in [0.25, 0.3) is 5.78 Å². The largest absolute Gasteiger partial charge is 0.378 e. The van der Waals surface area contributed by atoms with Crippen molar-refractivity contribution in [2.24, 2.45) is 0 Å². The van der Waals surface area contributed by atoms with Gasteiger partial charge >= 0.3 is 0 Å². The van der Waals surface area contributed by atoms with E-state index in [2.05, 4.69) is 24.9 Å². The monoisotopic (exact) mass is 291 g/mol. The van der Waals surface area contributed by atoms with E-state index in [1.807, 2.05) is 0 Å². The summed E-state index contributed by atoms with van der Waals surface area (Å²) in [7, 11) is 0. The summed E-state index contributed by atoms with van der Waals surface area (Å²) in [6, 6.07) is 0. The normalized spacial score (nSPS) is 20.2. The van der Waals surface area contributed by atoms with Crippen LogP contribution in [0.4, 0.5) is 11.9 Å². The number of anilines is 2. The molecule has 2 aliphatic rings. The van der Waals surface area contributed by atoms with Crippen molar-refractivity contribution >= 4 is 17.7 Å². The van der Waals surface area contributed by atoms with Crippen molar-refractivity contribution in [3.8, 4) is 0 Å².